The minimum atomic E-state index is -0.692. The molecule has 0 radical (unpaired) electrons. The summed E-state index contributed by atoms with van der Waals surface area (Å²) in [4.78, 5) is 16.7. The second kappa shape index (κ2) is 6.65. The standard InChI is InChI=1S/C20H12F2N2OS/c21-15-7-8-16(17(22)10-15)18-11-26-20(23-18)24-19(25)14-6-5-12-3-1-2-4-13(12)9-14/h1-11H,(H,23,24,25). The molecule has 0 fully saturated rings. The first-order valence-electron chi connectivity index (χ1n) is 7.81. The van der Waals surface area contributed by atoms with Gasteiger partial charge in [-0.25, -0.2) is 13.8 Å². The van der Waals surface area contributed by atoms with E-state index in [1.165, 1.54) is 23.5 Å². The number of carbonyl (C=O) groups excluding carboxylic acids is 1. The Labute approximate surface area is 151 Å². The molecule has 0 bridgehead atoms. The van der Waals surface area contributed by atoms with Crippen LogP contribution in [-0.2, 0) is 0 Å². The molecule has 0 spiro atoms. The van der Waals surface area contributed by atoms with E-state index in [2.05, 4.69) is 10.3 Å². The molecule has 0 aliphatic heterocycles. The number of hydrogen-bond acceptors (Lipinski definition) is 3. The van der Waals surface area contributed by atoms with E-state index in [0.717, 1.165) is 16.8 Å². The van der Waals surface area contributed by atoms with Gasteiger partial charge in [0.05, 0.1) is 5.69 Å². The third kappa shape index (κ3) is 3.19. The molecule has 0 saturated carbocycles. The van der Waals surface area contributed by atoms with Crippen LogP contribution >= 0.6 is 11.3 Å². The van der Waals surface area contributed by atoms with Crippen LogP contribution in [0.15, 0.2) is 66.0 Å². The molecule has 1 N–H and O–H groups in total. The zero-order chi connectivity index (χ0) is 18.1. The smallest absolute Gasteiger partial charge is 0.257 e. The van der Waals surface area contributed by atoms with E-state index in [-0.39, 0.29) is 11.5 Å². The predicted octanol–water partition coefficient (Wildman–Crippen LogP) is 5.49. The van der Waals surface area contributed by atoms with E-state index >= 15 is 0 Å². The van der Waals surface area contributed by atoms with Crippen molar-refractivity contribution < 1.29 is 13.6 Å². The molecular formula is C20H12F2N2OS. The van der Waals surface area contributed by atoms with Gasteiger partial charge in [0.2, 0.25) is 0 Å². The normalized spacial score (nSPS) is 10.8. The van der Waals surface area contributed by atoms with Crippen LogP contribution in [0.1, 0.15) is 10.4 Å². The summed E-state index contributed by atoms with van der Waals surface area (Å²) in [5.41, 5.74) is 1.04. The average molecular weight is 366 g/mol. The monoisotopic (exact) mass is 366 g/mol. The number of hydrogen-bond donors (Lipinski definition) is 1. The molecule has 6 heteroatoms. The van der Waals surface area contributed by atoms with Gasteiger partial charge >= 0.3 is 0 Å². The molecule has 0 aliphatic rings. The number of aromatic nitrogens is 1. The van der Waals surface area contributed by atoms with Crippen molar-refractivity contribution in [3.63, 3.8) is 0 Å². The third-order valence-electron chi connectivity index (χ3n) is 3.94. The first kappa shape index (κ1) is 16.4. The average Bonchev–Trinajstić information content (AvgIpc) is 3.09. The van der Waals surface area contributed by atoms with Crippen molar-refractivity contribution in [2.24, 2.45) is 0 Å². The highest BCUT2D eigenvalue weighted by atomic mass is 32.1. The molecule has 0 unspecified atom stereocenters. The summed E-state index contributed by atoms with van der Waals surface area (Å²) in [6.45, 7) is 0. The molecule has 3 nitrogen and oxygen atoms in total. The van der Waals surface area contributed by atoms with Crippen LogP contribution in [0.4, 0.5) is 13.9 Å². The maximum atomic E-state index is 13.9. The van der Waals surface area contributed by atoms with Crippen molar-refractivity contribution in [2.75, 3.05) is 5.32 Å². The lowest BCUT2D eigenvalue weighted by Gasteiger charge is -2.04. The number of benzene rings is 3. The summed E-state index contributed by atoms with van der Waals surface area (Å²) in [5, 5.41) is 6.70. The number of carbonyl (C=O) groups is 1. The Morgan fingerprint density at radius 3 is 2.58 bits per heavy atom. The van der Waals surface area contributed by atoms with Crippen LogP contribution in [-0.4, -0.2) is 10.9 Å². The summed E-state index contributed by atoms with van der Waals surface area (Å²) in [6, 6.07) is 16.5. The Hall–Kier alpha value is -3.12. The number of nitrogens with zero attached hydrogens (tertiary/aromatic N) is 1. The van der Waals surface area contributed by atoms with Crippen molar-refractivity contribution in [2.45, 2.75) is 0 Å². The second-order valence-electron chi connectivity index (χ2n) is 5.68. The van der Waals surface area contributed by atoms with Crippen LogP contribution in [0.2, 0.25) is 0 Å². The Kier molecular flexibility index (Phi) is 4.18. The van der Waals surface area contributed by atoms with Crippen LogP contribution in [0.5, 0.6) is 0 Å². The number of rotatable bonds is 3. The quantitative estimate of drug-likeness (QED) is 0.521. The summed E-state index contributed by atoms with van der Waals surface area (Å²) >= 11 is 1.18. The van der Waals surface area contributed by atoms with Gasteiger partial charge in [-0.05, 0) is 35.0 Å². The number of halogens is 2. The number of thiazole rings is 1. The fourth-order valence-corrected chi connectivity index (χ4v) is 3.36. The lowest BCUT2D eigenvalue weighted by atomic mass is 10.1. The first-order chi connectivity index (χ1) is 12.6. The molecule has 4 rings (SSSR count). The largest absolute Gasteiger partial charge is 0.298 e. The molecule has 0 atom stereocenters. The Balaban J connectivity index is 1.57. The summed E-state index contributed by atoms with van der Waals surface area (Å²) in [6.07, 6.45) is 0. The summed E-state index contributed by atoms with van der Waals surface area (Å²) in [5.74, 6) is -1.63. The first-order valence-corrected chi connectivity index (χ1v) is 8.69. The van der Waals surface area contributed by atoms with Crippen LogP contribution in [0.25, 0.3) is 22.0 Å². The fourth-order valence-electron chi connectivity index (χ4n) is 2.65. The zero-order valence-electron chi connectivity index (χ0n) is 13.4. The highest BCUT2D eigenvalue weighted by Crippen LogP contribution is 2.28. The molecule has 26 heavy (non-hydrogen) atoms. The molecule has 1 aromatic heterocycles. The highest BCUT2D eigenvalue weighted by Gasteiger charge is 2.13. The zero-order valence-corrected chi connectivity index (χ0v) is 14.2. The van der Waals surface area contributed by atoms with E-state index in [0.29, 0.717) is 16.4 Å². The third-order valence-corrected chi connectivity index (χ3v) is 4.70. The van der Waals surface area contributed by atoms with Crippen LogP contribution < -0.4 is 5.32 Å². The van der Waals surface area contributed by atoms with Gasteiger partial charge in [0.25, 0.3) is 5.91 Å². The molecule has 0 aliphatic carbocycles. The predicted molar refractivity (Wildman–Crippen MR) is 99.4 cm³/mol. The maximum absolute atomic E-state index is 13.9. The van der Waals surface area contributed by atoms with Crippen LogP contribution in [0, 0.1) is 11.6 Å². The van der Waals surface area contributed by atoms with Gasteiger partial charge in [0.15, 0.2) is 5.13 Å². The molecule has 3 aromatic carbocycles. The number of fused-ring (bicyclic) bond motifs is 1. The lowest BCUT2D eigenvalue weighted by molar-refractivity contribution is 0.102. The van der Waals surface area contributed by atoms with E-state index in [1.54, 1.807) is 17.5 Å². The highest BCUT2D eigenvalue weighted by molar-refractivity contribution is 7.14. The van der Waals surface area contributed by atoms with E-state index < -0.39 is 11.6 Å². The Morgan fingerprint density at radius 2 is 1.77 bits per heavy atom. The molecule has 0 saturated heterocycles. The van der Waals surface area contributed by atoms with Gasteiger partial charge < -0.3 is 0 Å². The van der Waals surface area contributed by atoms with E-state index in [9.17, 15) is 13.6 Å². The van der Waals surface area contributed by atoms with Crippen molar-refractivity contribution in [1.29, 1.82) is 0 Å². The SMILES string of the molecule is O=C(Nc1nc(-c2ccc(F)cc2F)cs1)c1ccc2ccccc2c1. The summed E-state index contributed by atoms with van der Waals surface area (Å²) < 4.78 is 26.9. The van der Waals surface area contributed by atoms with Gasteiger partial charge in [-0.1, -0.05) is 30.3 Å². The van der Waals surface area contributed by atoms with Crippen LogP contribution in [0.3, 0.4) is 0 Å². The number of nitrogens with one attached hydrogen (secondary N) is 1. The Bertz CT molecular complexity index is 1120. The van der Waals surface area contributed by atoms with E-state index in [4.69, 9.17) is 0 Å². The lowest BCUT2D eigenvalue weighted by Crippen LogP contribution is -2.11. The van der Waals surface area contributed by atoms with Gasteiger partial charge in [-0.2, -0.15) is 0 Å². The summed E-state index contributed by atoms with van der Waals surface area (Å²) in [7, 11) is 0. The van der Waals surface area contributed by atoms with Crippen molar-refractivity contribution in [1.82, 2.24) is 4.98 Å². The molecule has 4 aromatic rings. The fraction of sp³-hybridized carbons (Fsp3) is 0. The minimum Gasteiger partial charge on any atom is -0.298 e. The van der Waals surface area contributed by atoms with Gasteiger partial charge in [-0.3, -0.25) is 10.1 Å². The van der Waals surface area contributed by atoms with Crippen molar-refractivity contribution in [3.8, 4) is 11.3 Å². The van der Waals surface area contributed by atoms with Crippen molar-refractivity contribution >= 4 is 33.1 Å². The Morgan fingerprint density at radius 1 is 0.962 bits per heavy atom. The molecule has 1 heterocycles. The second-order valence-corrected chi connectivity index (χ2v) is 6.54. The van der Waals surface area contributed by atoms with Gasteiger partial charge in [0.1, 0.15) is 11.6 Å². The molecular weight excluding hydrogens is 354 g/mol. The van der Waals surface area contributed by atoms with E-state index in [1.807, 2.05) is 30.3 Å². The molecule has 128 valence electrons. The van der Waals surface area contributed by atoms with Gasteiger partial charge in [0, 0.05) is 22.6 Å². The minimum absolute atomic E-state index is 0.189. The number of anilines is 1. The van der Waals surface area contributed by atoms with Crippen molar-refractivity contribution in [3.05, 3.63) is 83.2 Å². The maximum Gasteiger partial charge on any atom is 0.257 e. The topological polar surface area (TPSA) is 42.0 Å². The van der Waals surface area contributed by atoms with Gasteiger partial charge in [-0.15, -0.1) is 11.3 Å². The molecule has 1 amide bonds. The number of amides is 1.